The number of Topliss-reactive ketones (excluding diaryl/α,β-unsaturated/α-hetero) is 1. The van der Waals surface area contributed by atoms with Gasteiger partial charge in [0.2, 0.25) is 0 Å². The molecule has 1 aromatic carbocycles. The van der Waals surface area contributed by atoms with Gasteiger partial charge in [-0.05, 0) is 13.0 Å². The maximum absolute atomic E-state index is 11.5. The normalized spacial score (nSPS) is 9.54. The van der Waals surface area contributed by atoms with E-state index in [2.05, 4.69) is 0 Å². The zero-order chi connectivity index (χ0) is 9.14. The van der Waals surface area contributed by atoms with Crippen LogP contribution < -0.4 is 0 Å². The van der Waals surface area contributed by atoms with Gasteiger partial charge in [0, 0.05) is 11.5 Å². The number of rotatable bonds is 2. The van der Waals surface area contributed by atoms with E-state index in [1.165, 1.54) is 0 Å². The molecule has 0 bridgehead atoms. The molecule has 0 aliphatic carbocycles. The van der Waals surface area contributed by atoms with Crippen LogP contribution in [0.25, 0.3) is 0 Å². The number of aryl methyl sites for hydroxylation is 1. The van der Waals surface area contributed by atoms with Gasteiger partial charge in [0.15, 0.2) is 5.78 Å². The summed E-state index contributed by atoms with van der Waals surface area (Å²) in [5, 5.41) is 0. The summed E-state index contributed by atoms with van der Waals surface area (Å²) in [6, 6.07) is 7.72. The molecule has 0 atom stereocenters. The van der Waals surface area contributed by atoms with Crippen LogP contribution in [0.4, 0.5) is 0 Å². The molecule has 0 heterocycles. The molecule has 0 aliphatic heterocycles. The van der Waals surface area contributed by atoms with Gasteiger partial charge in [0.25, 0.3) is 0 Å². The lowest BCUT2D eigenvalue weighted by Gasteiger charge is -2.03. The van der Waals surface area contributed by atoms with Crippen LogP contribution in [0.2, 0.25) is 0 Å². The molecule has 0 amide bonds. The second-order valence-corrected chi connectivity index (χ2v) is 3.39. The van der Waals surface area contributed by atoms with Gasteiger partial charge in [-0.1, -0.05) is 37.6 Å². The summed E-state index contributed by atoms with van der Waals surface area (Å²) < 4.78 is 0. The van der Waals surface area contributed by atoms with Gasteiger partial charge in [0.1, 0.15) is 0 Å². The molecule has 1 rings (SSSR count). The quantitative estimate of drug-likeness (QED) is 0.665. The third kappa shape index (κ3) is 3.23. The lowest BCUT2D eigenvalue weighted by molar-refractivity contribution is 0.0939. The largest absolute Gasteiger partial charge is 0.294 e. The van der Waals surface area contributed by atoms with E-state index >= 15 is 0 Å². The van der Waals surface area contributed by atoms with E-state index in [1.807, 2.05) is 45.0 Å². The predicted octanol–water partition coefficient (Wildman–Crippen LogP) is 2.95. The molecule has 0 fully saturated rings. The van der Waals surface area contributed by atoms with E-state index in [-0.39, 0.29) is 25.2 Å². The number of carbonyl (C=O) groups excluding carboxylic acids is 1. The number of ketones is 1. The standard InChI is InChI=1S/C11H14O.H2S/c1-8(2)11(12)10-6-4-5-9(3)7-10;/h4-8H,1-3H3;1H2. The van der Waals surface area contributed by atoms with Crippen LogP contribution in [0.15, 0.2) is 24.3 Å². The highest BCUT2D eigenvalue weighted by Gasteiger charge is 2.09. The first kappa shape index (κ1) is 12.2. The van der Waals surface area contributed by atoms with E-state index in [1.54, 1.807) is 0 Å². The summed E-state index contributed by atoms with van der Waals surface area (Å²) in [6.07, 6.45) is 0. The van der Waals surface area contributed by atoms with Crippen LogP contribution in [0.5, 0.6) is 0 Å². The maximum Gasteiger partial charge on any atom is 0.165 e. The van der Waals surface area contributed by atoms with E-state index in [0.717, 1.165) is 11.1 Å². The number of benzene rings is 1. The molecule has 0 aromatic heterocycles. The minimum Gasteiger partial charge on any atom is -0.294 e. The van der Waals surface area contributed by atoms with Crippen LogP contribution >= 0.6 is 13.5 Å². The molecule has 2 heteroatoms. The molecule has 0 spiro atoms. The van der Waals surface area contributed by atoms with Crippen molar-refractivity contribution in [1.82, 2.24) is 0 Å². The molecule has 1 nitrogen and oxygen atoms in total. The van der Waals surface area contributed by atoms with Crippen LogP contribution in [0.1, 0.15) is 29.8 Å². The lowest BCUT2D eigenvalue weighted by atomic mass is 10.00. The molecule has 0 N–H and O–H groups in total. The highest BCUT2D eigenvalue weighted by atomic mass is 32.1. The number of carbonyl (C=O) groups is 1. The molecule has 0 aliphatic rings. The Balaban J connectivity index is 0.00000144. The van der Waals surface area contributed by atoms with E-state index < -0.39 is 0 Å². The van der Waals surface area contributed by atoms with Gasteiger partial charge in [-0.25, -0.2) is 0 Å². The zero-order valence-corrected chi connectivity index (χ0v) is 9.29. The van der Waals surface area contributed by atoms with Crippen molar-refractivity contribution in [2.75, 3.05) is 0 Å². The number of hydrogen-bond acceptors (Lipinski definition) is 1. The third-order valence-electron chi connectivity index (χ3n) is 1.83. The van der Waals surface area contributed by atoms with Gasteiger partial charge >= 0.3 is 0 Å². The molecule has 0 unspecified atom stereocenters. The van der Waals surface area contributed by atoms with Gasteiger partial charge in [-0.3, -0.25) is 4.79 Å². The van der Waals surface area contributed by atoms with Crippen molar-refractivity contribution in [3.05, 3.63) is 35.4 Å². The van der Waals surface area contributed by atoms with Crippen molar-refractivity contribution >= 4 is 19.3 Å². The third-order valence-corrected chi connectivity index (χ3v) is 1.83. The average molecular weight is 196 g/mol. The smallest absolute Gasteiger partial charge is 0.165 e. The summed E-state index contributed by atoms with van der Waals surface area (Å²) in [4.78, 5) is 11.5. The van der Waals surface area contributed by atoms with Crippen molar-refractivity contribution in [1.29, 1.82) is 0 Å². The SMILES string of the molecule is Cc1cccc(C(=O)C(C)C)c1.S. The van der Waals surface area contributed by atoms with Gasteiger partial charge < -0.3 is 0 Å². The minimum absolute atomic E-state index is 0. The Bertz CT molecular complexity index is 292. The van der Waals surface area contributed by atoms with E-state index in [4.69, 9.17) is 0 Å². The van der Waals surface area contributed by atoms with Crippen molar-refractivity contribution in [3.8, 4) is 0 Å². The van der Waals surface area contributed by atoms with Crippen LogP contribution in [0.3, 0.4) is 0 Å². The summed E-state index contributed by atoms with van der Waals surface area (Å²) >= 11 is 0. The Labute approximate surface area is 86.6 Å². The molecular weight excluding hydrogens is 180 g/mol. The zero-order valence-electron chi connectivity index (χ0n) is 8.29. The first-order valence-corrected chi connectivity index (χ1v) is 4.22. The van der Waals surface area contributed by atoms with Crippen LogP contribution in [0, 0.1) is 12.8 Å². The second-order valence-electron chi connectivity index (χ2n) is 3.39. The Morgan fingerprint density at radius 1 is 1.31 bits per heavy atom. The fourth-order valence-corrected chi connectivity index (χ4v) is 1.13. The van der Waals surface area contributed by atoms with Gasteiger partial charge in [-0.15, -0.1) is 0 Å². The maximum atomic E-state index is 11.5. The Kier molecular flexibility index (Phi) is 4.78. The summed E-state index contributed by atoms with van der Waals surface area (Å²) in [6.45, 7) is 5.84. The van der Waals surface area contributed by atoms with Gasteiger partial charge in [-0.2, -0.15) is 13.5 Å². The molecular formula is C11H16OS. The Morgan fingerprint density at radius 3 is 2.38 bits per heavy atom. The van der Waals surface area contributed by atoms with Crippen molar-refractivity contribution < 1.29 is 4.79 Å². The van der Waals surface area contributed by atoms with Crippen molar-refractivity contribution in [2.24, 2.45) is 5.92 Å². The minimum atomic E-state index is 0. The average Bonchev–Trinajstić information content (AvgIpc) is 2.03. The summed E-state index contributed by atoms with van der Waals surface area (Å²) in [5.74, 6) is 0.311. The second kappa shape index (κ2) is 5.07. The Hall–Kier alpha value is -0.760. The topological polar surface area (TPSA) is 17.1 Å². The molecule has 0 saturated heterocycles. The molecule has 0 radical (unpaired) electrons. The van der Waals surface area contributed by atoms with Crippen LogP contribution in [-0.2, 0) is 0 Å². The molecule has 0 saturated carbocycles. The van der Waals surface area contributed by atoms with E-state index in [0.29, 0.717) is 0 Å². The van der Waals surface area contributed by atoms with Gasteiger partial charge in [0.05, 0.1) is 0 Å². The molecule has 13 heavy (non-hydrogen) atoms. The number of hydrogen-bond donors (Lipinski definition) is 0. The predicted molar refractivity (Wildman–Crippen MR) is 60.7 cm³/mol. The summed E-state index contributed by atoms with van der Waals surface area (Å²) in [7, 11) is 0. The first-order chi connectivity index (χ1) is 5.61. The monoisotopic (exact) mass is 196 g/mol. The molecule has 72 valence electrons. The van der Waals surface area contributed by atoms with E-state index in [9.17, 15) is 4.79 Å². The lowest BCUT2D eigenvalue weighted by Crippen LogP contribution is -2.07. The highest BCUT2D eigenvalue weighted by Crippen LogP contribution is 2.09. The van der Waals surface area contributed by atoms with Crippen LogP contribution in [-0.4, -0.2) is 5.78 Å². The Morgan fingerprint density at radius 2 is 1.92 bits per heavy atom. The fourth-order valence-electron chi connectivity index (χ4n) is 1.13. The van der Waals surface area contributed by atoms with Crippen molar-refractivity contribution in [2.45, 2.75) is 20.8 Å². The molecule has 1 aromatic rings. The fraction of sp³-hybridized carbons (Fsp3) is 0.364. The first-order valence-electron chi connectivity index (χ1n) is 4.22. The van der Waals surface area contributed by atoms with Crippen molar-refractivity contribution in [3.63, 3.8) is 0 Å². The summed E-state index contributed by atoms with van der Waals surface area (Å²) in [5.41, 5.74) is 1.96. The highest BCUT2D eigenvalue weighted by molar-refractivity contribution is 7.59.